The molecule has 0 bridgehead atoms. The molecule has 176 valence electrons. The molecule has 1 unspecified atom stereocenters. The van der Waals surface area contributed by atoms with Crippen molar-refractivity contribution in [2.24, 2.45) is 0 Å². The van der Waals surface area contributed by atoms with Crippen LogP contribution in [0.2, 0.25) is 0 Å². The Labute approximate surface area is 198 Å². The number of Topliss-reactive ketones (excluding diaryl/α,β-unsaturated/α-hetero) is 1. The summed E-state index contributed by atoms with van der Waals surface area (Å²) in [5.74, 6) is -0.838. The van der Waals surface area contributed by atoms with Crippen LogP contribution in [0.25, 0.3) is 11.0 Å². The third-order valence-corrected chi connectivity index (χ3v) is 7.11. The summed E-state index contributed by atoms with van der Waals surface area (Å²) in [5.41, 5.74) is 2.53. The van der Waals surface area contributed by atoms with Gasteiger partial charge in [0.15, 0.2) is 22.9 Å². The quantitative estimate of drug-likeness (QED) is 0.463. The third kappa shape index (κ3) is 3.67. The fraction of sp³-hybridized carbons (Fsp3) is 0.357. The van der Waals surface area contributed by atoms with E-state index in [0.717, 1.165) is 49.5 Å². The van der Waals surface area contributed by atoms with Crippen molar-refractivity contribution in [2.45, 2.75) is 57.5 Å². The average Bonchev–Trinajstić information content (AvgIpc) is 3.43. The zero-order valence-corrected chi connectivity index (χ0v) is 19.5. The molecule has 0 saturated heterocycles. The predicted octanol–water partition coefficient (Wildman–Crippen LogP) is 5.91. The van der Waals surface area contributed by atoms with E-state index in [0.29, 0.717) is 11.3 Å². The Hall–Kier alpha value is -3.54. The van der Waals surface area contributed by atoms with Crippen LogP contribution in [-0.2, 0) is 11.2 Å². The number of aliphatic hydroxyl groups excluding tert-OH is 1. The van der Waals surface area contributed by atoms with Gasteiger partial charge in [-0.25, -0.2) is 0 Å². The molecular formula is C28H29NO5. The highest BCUT2D eigenvalue weighted by atomic mass is 16.5. The number of furan rings is 1. The summed E-state index contributed by atoms with van der Waals surface area (Å²) in [6.07, 6.45) is 5.83. The van der Waals surface area contributed by atoms with Gasteiger partial charge >= 0.3 is 0 Å². The summed E-state index contributed by atoms with van der Waals surface area (Å²) in [5, 5.41) is 11.7. The van der Waals surface area contributed by atoms with Crippen LogP contribution in [0, 0.1) is 0 Å². The molecule has 2 heterocycles. The fourth-order valence-electron chi connectivity index (χ4n) is 5.30. The first-order valence-corrected chi connectivity index (χ1v) is 12.0. The number of aliphatic hydroxyl groups is 1. The van der Waals surface area contributed by atoms with E-state index >= 15 is 0 Å². The maximum Gasteiger partial charge on any atom is 0.290 e. The first kappa shape index (κ1) is 22.3. The van der Waals surface area contributed by atoms with Crippen molar-refractivity contribution in [2.75, 3.05) is 7.11 Å². The highest BCUT2D eigenvalue weighted by Crippen LogP contribution is 2.43. The number of hydrogen-bond donors (Lipinski definition) is 1. The monoisotopic (exact) mass is 459 g/mol. The number of fused-ring (bicyclic) bond motifs is 1. The van der Waals surface area contributed by atoms with Crippen LogP contribution in [0.4, 0.5) is 0 Å². The van der Waals surface area contributed by atoms with Gasteiger partial charge in [0.1, 0.15) is 0 Å². The van der Waals surface area contributed by atoms with Crippen LogP contribution >= 0.6 is 0 Å². The van der Waals surface area contributed by atoms with E-state index in [2.05, 4.69) is 6.92 Å². The predicted molar refractivity (Wildman–Crippen MR) is 129 cm³/mol. The van der Waals surface area contributed by atoms with E-state index in [4.69, 9.17) is 9.15 Å². The van der Waals surface area contributed by atoms with Gasteiger partial charge in [0, 0.05) is 11.4 Å². The van der Waals surface area contributed by atoms with Crippen molar-refractivity contribution in [3.8, 4) is 5.75 Å². The number of rotatable bonds is 6. The second-order valence-electron chi connectivity index (χ2n) is 9.08. The van der Waals surface area contributed by atoms with Crippen molar-refractivity contribution < 1.29 is 23.8 Å². The molecule has 1 aromatic heterocycles. The lowest BCUT2D eigenvalue weighted by atomic mass is 9.90. The van der Waals surface area contributed by atoms with Gasteiger partial charge in [0.2, 0.25) is 5.78 Å². The number of benzene rings is 2. The van der Waals surface area contributed by atoms with Gasteiger partial charge in [-0.3, -0.25) is 9.59 Å². The van der Waals surface area contributed by atoms with Crippen molar-refractivity contribution in [1.82, 2.24) is 4.90 Å². The van der Waals surface area contributed by atoms with Crippen molar-refractivity contribution in [3.63, 3.8) is 0 Å². The van der Waals surface area contributed by atoms with Gasteiger partial charge in [0.05, 0.1) is 18.7 Å². The van der Waals surface area contributed by atoms with Crippen LogP contribution in [0.3, 0.4) is 0 Å². The Morgan fingerprint density at radius 1 is 1.12 bits per heavy atom. The molecule has 1 saturated carbocycles. The third-order valence-electron chi connectivity index (χ3n) is 7.11. The van der Waals surface area contributed by atoms with Crippen LogP contribution in [0.15, 0.2) is 64.3 Å². The fourth-order valence-corrected chi connectivity index (χ4v) is 5.30. The van der Waals surface area contributed by atoms with Crippen molar-refractivity contribution in [1.29, 1.82) is 0 Å². The molecule has 6 nitrogen and oxygen atoms in total. The zero-order valence-electron chi connectivity index (χ0n) is 19.5. The van der Waals surface area contributed by atoms with Gasteiger partial charge < -0.3 is 19.2 Å². The Bertz CT molecular complexity index is 1260. The second-order valence-corrected chi connectivity index (χ2v) is 9.08. The lowest BCUT2D eigenvalue weighted by Gasteiger charge is -2.36. The highest BCUT2D eigenvalue weighted by molar-refractivity contribution is 6.16. The van der Waals surface area contributed by atoms with Gasteiger partial charge in [-0.05, 0) is 42.5 Å². The minimum absolute atomic E-state index is 0.0136. The van der Waals surface area contributed by atoms with E-state index in [1.165, 1.54) is 5.56 Å². The average molecular weight is 460 g/mol. The molecule has 1 atom stereocenters. The number of carbonyl (C=O) groups is 2. The SMILES string of the molecule is CCc1ccc(C2C(C(=O)c3cc4cccc(OC)c4o3)=C(O)C(=O)N2C2CCCCC2)cc1. The van der Waals surface area contributed by atoms with Gasteiger partial charge in [-0.1, -0.05) is 62.6 Å². The lowest BCUT2D eigenvalue weighted by molar-refractivity contribution is -0.132. The number of ketones is 1. The molecule has 2 aromatic carbocycles. The molecule has 0 radical (unpaired) electrons. The first-order valence-electron chi connectivity index (χ1n) is 12.0. The van der Waals surface area contributed by atoms with Gasteiger partial charge in [0.25, 0.3) is 5.91 Å². The maximum absolute atomic E-state index is 13.8. The largest absolute Gasteiger partial charge is 0.503 e. The van der Waals surface area contributed by atoms with Crippen LogP contribution in [-0.4, -0.2) is 34.8 Å². The van der Waals surface area contributed by atoms with E-state index in [-0.39, 0.29) is 17.4 Å². The molecule has 1 aliphatic heterocycles. The molecule has 1 aliphatic carbocycles. The standard InChI is InChI=1S/C28H29NO5/c1-3-17-12-14-18(15-13-17)24-23(26(31)28(32)29(24)20-9-5-4-6-10-20)25(30)22-16-19-8-7-11-21(33-2)27(19)34-22/h7-8,11-16,20,24,31H,3-6,9-10H2,1-2H3. The number of amides is 1. The number of ether oxygens (including phenoxy) is 1. The van der Waals surface area contributed by atoms with Gasteiger partial charge in [-0.2, -0.15) is 0 Å². The molecule has 1 amide bonds. The summed E-state index contributed by atoms with van der Waals surface area (Å²) >= 11 is 0. The first-order chi connectivity index (χ1) is 16.5. The summed E-state index contributed by atoms with van der Waals surface area (Å²) in [4.78, 5) is 28.8. The topological polar surface area (TPSA) is 80.0 Å². The lowest BCUT2D eigenvalue weighted by Crippen LogP contribution is -2.41. The number of aryl methyl sites for hydroxylation is 1. The summed E-state index contributed by atoms with van der Waals surface area (Å²) in [7, 11) is 1.54. The number of hydrogen-bond acceptors (Lipinski definition) is 5. The molecule has 5 rings (SSSR count). The molecular weight excluding hydrogens is 430 g/mol. The number of nitrogens with zero attached hydrogens (tertiary/aromatic N) is 1. The van der Waals surface area contributed by atoms with Gasteiger partial charge in [-0.15, -0.1) is 0 Å². The second kappa shape index (κ2) is 9.01. The summed E-state index contributed by atoms with van der Waals surface area (Å²) in [6.45, 7) is 2.08. The highest BCUT2D eigenvalue weighted by Gasteiger charge is 2.47. The Balaban J connectivity index is 1.60. The Kier molecular flexibility index (Phi) is 5.90. The normalized spacial score (nSPS) is 19.3. The molecule has 0 spiro atoms. The number of carbonyl (C=O) groups excluding carboxylic acids is 2. The Morgan fingerprint density at radius 2 is 1.85 bits per heavy atom. The maximum atomic E-state index is 13.8. The minimum atomic E-state index is -0.649. The molecule has 3 aromatic rings. The number of para-hydroxylation sites is 1. The van der Waals surface area contributed by atoms with Crippen LogP contribution in [0.1, 0.15) is 66.8 Å². The van der Waals surface area contributed by atoms with E-state index in [1.54, 1.807) is 24.1 Å². The number of methoxy groups -OCH3 is 1. The molecule has 1 fully saturated rings. The van der Waals surface area contributed by atoms with Crippen LogP contribution in [0.5, 0.6) is 5.75 Å². The van der Waals surface area contributed by atoms with Crippen molar-refractivity contribution in [3.05, 3.63) is 76.8 Å². The van der Waals surface area contributed by atoms with Crippen molar-refractivity contribution >= 4 is 22.7 Å². The van der Waals surface area contributed by atoms with Crippen LogP contribution < -0.4 is 4.74 Å². The molecule has 2 aliphatic rings. The molecule has 34 heavy (non-hydrogen) atoms. The Morgan fingerprint density at radius 3 is 2.53 bits per heavy atom. The van der Waals surface area contributed by atoms with E-state index in [1.807, 2.05) is 36.4 Å². The van der Waals surface area contributed by atoms with E-state index in [9.17, 15) is 14.7 Å². The summed E-state index contributed by atoms with van der Waals surface area (Å²) in [6, 6.07) is 14.4. The minimum Gasteiger partial charge on any atom is -0.503 e. The molecule has 1 N–H and O–H groups in total. The smallest absolute Gasteiger partial charge is 0.290 e. The summed E-state index contributed by atoms with van der Waals surface area (Å²) < 4.78 is 11.3. The van der Waals surface area contributed by atoms with E-state index < -0.39 is 23.5 Å². The molecule has 6 heteroatoms. The zero-order chi connectivity index (χ0) is 23.8.